The summed E-state index contributed by atoms with van der Waals surface area (Å²) in [6.07, 6.45) is 0. The van der Waals surface area contributed by atoms with Gasteiger partial charge in [-0.05, 0) is 17.2 Å². The number of anilines is 1. The van der Waals surface area contributed by atoms with Crippen molar-refractivity contribution >= 4 is 5.69 Å². The summed E-state index contributed by atoms with van der Waals surface area (Å²) in [6, 6.07) is 6.39. The van der Waals surface area contributed by atoms with Crippen LogP contribution in [0.2, 0.25) is 0 Å². The van der Waals surface area contributed by atoms with Gasteiger partial charge in [0.2, 0.25) is 0 Å². The molecule has 2 rings (SSSR count). The maximum Gasteiger partial charge on any atom is 0.0386 e. The van der Waals surface area contributed by atoms with Crippen LogP contribution < -0.4 is 10.6 Å². The molecule has 2 N–H and O–H groups in total. The zero-order valence-corrected chi connectivity index (χ0v) is 8.65. The average molecular weight is 178 g/mol. The summed E-state index contributed by atoms with van der Waals surface area (Å²) < 4.78 is 0. The molecule has 0 aliphatic carbocycles. The topological polar surface area (TPSA) is 24.1 Å². The van der Waals surface area contributed by atoms with E-state index < -0.39 is 0 Å². The van der Waals surface area contributed by atoms with E-state index in [0.29, 0.717) is 0 Å². The average Bonchev–Trinajstić information content (AvgIpc) is 2.68. The van der Waals surface area contributed by atoms with Crippen LogP contribution in [0.5, 0.6) is 0 Å². The van der Waals surface area contributed by atoms with E-state index in [1.54, 1.807) is 0 Å². The first-order valence-corrected chi connectivity index (χ1v) is 4.91. The molecule has 0 unspecified atom stereocenters. The van der Waals surface area contributed by atoms with Gasteiger partial charge in [0, 0.05) is 25.8 Å². The van der Waals surface area contributed by atoms with Gasteiger partial charge in [0.05, 0.1) is 0 Å². The van der Waals surface area contributed by atoms with Gasteiger partial charge in [-0.3, -0.25) is 0 Å². The molecular formula is C11H18N2. The Balaban J connectivity index is 0.000000396. The maximum absolute atomic E-state index is 3.32. The Morgan fingerprint density at radius 1 is 1.23 bits per heavy atom. The molecule has 0 spiro atoms. The van der Waals surface area contributed by atoms with Gasteiger partial charge in [0.1, 0.15) is 0 Å². The minimum atomic E-state index is 1.01. The molecule has 0 amide bonds. The molecule has 1 heterocycles. The highest BCUT2D eigenvalue weighted by Gasteiger charge is 2.11. The first kappa shape index (κ1) is 10.1. The van der Waals surface area contributed by atoms with Crippen LogP contribution in [0.15, 0.2) is 18.2 Å². The van der Waals surface area contributed by atoms with E-state index in [1.165, 1.54) is 16.8 Å². The van der Waals surface area contributed by atoms with Crippen LogP contribution in [-0.4, -0.2) is 7.05 Å². The molecule has 0 fully saturated rings. The summed E-state index contributed by atoms with van der Waals surface area (Å²) >= 11 is 0. The largest absolute Gasteiger partial charge is 0.388 e. The lowest BCUT2D eigenvalue weighted by Gasteiger charge is -2.05. The smallest absolute Gasteiger partial charge is 0.0386 e. The molecule has 0 saturated carbocycles. The monoisotopic (exact) mass is 178 g/mol. The van der Waals surface area contributed by atoms with Gasteiger partial charge in [-0.2, -0.15) is 0 Å². The first-order valence-electron chi connectivity index (χ1n) is 4.91. The Hall–Kier alpha value is -1.02. The van der Waals surface area contributed by atoms with Gasteiger partial charge in [0.15, 0.2) is 0 Å². The molecule has 1 aromatic carbocycles. The normalized spacial score (nSPS) is 12.8. The third-order valence-corrected chi connectivity index (χ3v) is 2.16. The van der Waals surface area contributed by atoms with E-state index in [4.69, 9.17) is 0 Å². The Morgan fingerprint density at radius 2 is 2.00 bits per heavy atom. The van der Waals surface area contributed by atoms with Crippen LogP contribution in [0.25, 0.3) is 0 Å². The second-order valence-corrected chi connectivity index (χ2v) is 2.80. The fourth-order valence-corrected chi connectivity index (χ4v) is 1.57. The minimum absolute atomic E-state index is 1.01. The second kappa shape index (κ2) is 4.87. The van der Waals surface area contributed by atoms with Crippen LogP contribution in [0.4, 0.5) is 5.69 Å². The first-order chi connectivity index (χ1) is 6.42. The number of rotatable bonds is 1. The lowest BCUT2D eigenvalue weighted by atomic mass is 10.1. The summed E-state index contributed by atoms with van der Waals surface area (Å²) in [4.78, 5) is 0. The predicted octanol–water partition coefficient (Wildman–Crippen LogP) is 2.36. The van der Waals surface area contributed by atoms with Crippen molar-refractivity contribution in [3.63, 3.8) is 0 Å². The van der Waals surface area contributed by atoms with Crippen molar-refractivity contribution in [3.8, 4) is 0 Å². The zero-order valence-electron chi connectivity index (χ0n) is 8.65. The van der Waals surface area contributed by atoms with Gasteiger partial charge < -0.3 is 10.6 Å². The molecule has 1 aliphatic rings. The standard InChI is InChI=1S/C9H12N2.C2H6/c1-10-9-4-2-3-7-5-11-6-8(7)9;1-2/h2-4,10-11H,5-6H2,1H3;1-2H3. The van der Waals surface area contributed by atoms with Crippen molar-refractivity contribution in [2.75, 3.05) is 12.4 Å². The summed E-state index contributed by atoms with van der Waals surface area (Å²) in [5.41, 5.74) is 4.11. The molecule has 0 saturated heterocycles. The second-order valence-electron chi connectivity index (χ2n) is 2.80. The van der Waals surface area contributed by atoms with Crippen LogP contribution in [0.1, 0.15) is 25.0 Å². The summed E-state index contributed by atoms with van der Waals surface area (Å²) in [5, 5.41) is 6.51. The van der Waals surface area contributed by atoms with Crippen molar-refractivity contribution in [1.82, 2.24) is 5.32 Å². The van der Waals surface area contributed by atoms with Gasteiger partial charge in [-0.1, -0.05) is 26.0 Å². The summed E-state index contributed by atoms with van der Waals surface area (Å²) in [6.45, 7) is 6.02. The fraction of sp³-hybridized carbons (Fsp3) is 0.455. The lowest BCUT2D eigenvalue weighted by Crippen LogP contribution is -2.01. The van der Waals surface area contributed by atoms with Crippen LogP contribution >= 0.6 is 0 Å². The molecule has 0 aromatic heterocycles. The SMILES string of the molecule is CC.CNc1cccc2c1CNC2. The zero-order chi connectivity index (χ0) is 9.68. The quantitative estimate of drug-likeness (QED) is 0.690. The van der Waals surface area contributed by atoms with E-state index in [2.05, 4.69) is 28.8 Å². The Bertz CT molecular complexity index is 269. The molecule has 2 nitrogen and oxygen atoms in total. The molecular weight excluding hydrogens is 160 g/mol. The van der Waals surface area contributed by atoms with Crippen molar-refractivity contribution in [1.29, 1.82) is 0 Å². The molecule has 72 valence electrons. The van der Waals surface area contributed by atoms with E-state index in [1.807, 2.05) is 20.9 Å². The van der Waals surface area contributed by atoms with Crippen LogP contribution in [0.3, 0.4) is 0 Å². The fourth-order valence-electron chi connectivity index (χ4n) is 1.57. The third-order valence-electron chi connectivity index (χ3n) is 2.16. The highest BCUT2D eigenvalue weighted by molar-refractivity contribution is 5.55. The van der Waals surface area contributed by atoms with Gasteiger partial charge >= 0.3 is 0 Å². The highest BCUT2D eigenvalue weighted by Crippen LogP contribution is 2.23. The Labute approximate surface area is 80.4 Å². The van der Waals surface area contributed by atoms with Crippen molar-refractivity contribution in [3.05, 3.63) is 29.3 Å². The molecule has 2 heteroatoms. The van der Waals surface area contributed by atoms with E-state index in [0.717, 1.165) is 13.1 Å². The van der Waals surface area contributed by atoms with E-state index in [-0.39, 0.29) is 0 Å². The molecule has 0 bridgehead atoms. The number of benzene rings is 1. The predicted molar refractivity (Wildman–Crippen MR) is 57.9 cm³/mol. The van der Waals surface area contributed by atoms with Crippen molar-refractivity contribution < 1.29 is 0 Å². The maximum atomic E-state index is 3.32. The van der Waals surface area contributed by atoms with E-state index >= 15 is 0 Å². The molecule has 0 radical (unpaired) electrons. The minimum Gasteiger partial charge on any atom is -0.388 e. The number of hydrogen-bond donors (Lipinski definition) is 2. The van der Waals surface area contributed by atoms with Crippen LogP contribution in [0, 0.1) is 0 Å². The Morgan fingerprint density at radius 3 is 2.69 bits per heavy atom. The third kappa shape index (κ3) is 2.01. The van der Waals surface area contributed by atoms with E-state index in [9.17, 15) is 0 Å². The summed E-state index contributed by atoms with van der Waals surface area (Å²) in [5.74, 6) is 0. The molecule has 13 heavy (non-hydrogen) atoms. The number of fused-ring (bicyclic) bond motifs is 1. The molecule has 1 aliphatic heterocycles. The van der Waals surface area contributed by atoms with Crippen molar-refractivity contribution in [2.24, 2.45) is 0 Å². The van der Waals surface area contributed by atoms with Gasteiger partial charge in [-0.15, -0.1) is 0 Å². The number of hydrogen-bond acceptors (Lipinski definition) is 2. The number of nitrogens with one attached hydrogen (secondary N) is 2. The highest BCUT2D eigenvalue weighted by atomic mass is 14.9. The summed E-state index contributed by atoms with van der Waals surface area (Å²) in [7, 11) is 1.97. The molecule has 1 aromatic rings. The molecule has 0 atom stereocenters. The van der Waals surface area contributed by atoms with Gasteiger partial charge in [-0.25, -0.2) is 0 Å². The lowest BCUT2D eigenvalue weighted by molar-refractivity contribution is 0.765. The Kier molecular flexibility index (Phi) is 3.77. The van der Waals surface area contributed by atoms with Crippen molar-refractivity contribution in [2.45, 2.75) is 26.9 Å². The van der Waals surface area contributed by atoms with Gasteiger partial charge in [0.25, 0.3) is 0 Å². The van der Waals surface area contributed by atoms with Crippen LogP contribution in [-0.2, 0) is 13.1 Å².